The Morgan fingerprint density at radius 2 is 1.47 bits per heavy atom. The van der Waals surface area contributed by atoms with Crippen molar-refractivity contribution in [3.8, 4) is 0 Å². The van der Waals surface area contributed by atoms with Gasteiger partial charge in [-0.15, -0.1) is 0 Å². The molecule has 9 heteroatoms. The summed E-state index contributed by atoms with van der Waals surface area (Å²) in [6.07, 6.45) is 12.3. The lowest BCUT2D eigenvalue weighted by Gasteiger charge is -2.41. The van der Waals surface area contributed by atoms with Crippen LogP contribution in [0.1, 0.15) is 120 Å². The second kappa shape index (κ2) is 16.4. The van der Waals surface area contributed by atoms with E-state index >= 15 is 0 Å². The molecular formula is C36H63N5O4. The van der Waals surface area contributed by atoms with Crippen molar-refractivity contribution in [2.45, 2.75) is 150 Å². The highest BCUT2D eigenvalue weighted by Crippen LogP contribution is 2.27. The third kappa shape index (κ3) is 9.79. The summed E-state index contributed by atoms with van der Waals surface area (Å²) in [6, 6.07) is -1.51. The highest BCUT2D eigenvalue weighted by molar-refractivity contribution is 5.97. The van der Waals surface area contributed by atoms with Crippen LogP contribution in [0.4, 0.5) is 0 Å². The van der Waals surface area contributed by atoms with Gasteiger partial charge in [0.1, 0.15) is 12.1 Å². The number of likely N-dealkylation sites (tertiary alicyclic amines) is 2. The van der Waals surface area contributed by atoms with E-state index in [-0.39, 0.29) is 47.7 Å². The monoisotopic (exact) mass is 629 g/mol. The number of carbonyl (C=O) groups excluding carboxylic acids is 4. The van der Waals surface area contributed by atoms with E-state index in [9.17, 15) is 19.2 Å². The average molecular weight is 630 g/mol. The van der Waals surface area contributed by atoms with Crippen LogP contribution in [-0.4, -0.2) is 95.2 Å². The summed E-state index contributed by atoms with van der Waals surface area (Å²) in [4.78, 5) is 60.3. The number of amides is 4. The molecule has 0 aromatic heterocycles. The largest absolute Gasteiger partial charge is 0.354 e. The van der Waals surface area contributed by atoms with Gasteiger partial charge >= 0.3 is 0 Å². The van der Waals surface area contributed by atoms with Gasteiger partial charge in [0.15, 0.2) is 0 Å². The van der Waals surface area contributed by atoms with Crippen LogP contribution in [0.5, 0.6) is 0 Å². The van der Waals surface area contributed by atoms with Gasteiger partial charge in [-0.3, -0.25) is 24.1 Å². The number of hydrogen-bond donors (Lipinski definition) is 2. The van der Waals surface area contributed by atoms with E-state index in [1.54, 1.807) is 23.8 Å². The van der Waals surface area contributed by atoms with Crippen LogP contribution < -0.4 is 10.6 Å². The lowest BCUT2D eigenvalue weighted by molar-refractivity contribution is -0.142. The van der Waals surface area contributed by atoms with E-state index in [0.29, 0.717) is 31.0 Å². The number of likely N-dealkylation sites (N-methyl/N-ethyl adjacent to an activating group) is 1. The summed E-state index contributed by atoms with van der Waals surface area (Å²) < 4.78 is 0. The Hall–Kier alpha value is -2.42. The number of rotatable bonds is 11. The zero-order valence-electron chi connectivity index (χ0n) is 29.8. The molecule has 3 aliphatic rings. The molecule has 2 heterocycles. The molecule has 2 aliphatic heterocycles. The predicted octanol–water partition coefficient (Wildman–Crippen LogP) is 4.90. The molecule has 9 nitrogen and oxygen atoms in total. The standard InChI is InChI=1S/C36H63N5O4/c1-24(2)30(22-26(5)34(44)41-21-15-19-28(41)32(42)37-23-27-16-11-10-12-17-27)39(9)35(45)31(36(6,7)8)38-33(43)29-18-13-14-20-40(29)25(3)4/h22,24-25,27-31H,10-21,23H2,1-9H3,(H,37,42)(H,38,43)/t28-,29?,30+,31+/m0/s1. The fraction of sp³-hybridized carbons (Fsp3) is 0.833. The van der Waals surface area contributed by atoms with Crippen molar-refractivity contribution >= 4 is 23.6 Å². The Labute approximate surface area is 273 Å². The molecule has 1 unspecified atom stereocenters. The maximum atomic E-state index is 14.1. The molecule has 1 saturated carbocycles. The average Bonchev–Trinajstić information content (AvgIpc) is 3.50. The van der Waals surface area contributed by atoms with E-state index in [2.05, 4.69) is 29.4 Å². The number of hydrogen-bond acceptors (Lipinski definition) is 5. The van der Waals surface area contributed by atoms with E-state index in [1.807, 2.05) is 40.7 Å². The zero-order chi connectivity index (χ0) is 33.5. The minimum Gasteiger partial charge on any atom is -0.354 e. The van der Waals surface area contributed by atoms with Crippen LogP contribution >= 0.6 is 0 Å². The zero-order valence-corrected chi connectivity index (χ0v) is 29.8. The quantitative estimate of drug-likeness (QED) is 0.317. The fourth-order valence-corrected chi connectivity index (χ4v) is 7.43. The normalized spacial score (nSPS) is 23.6. The Bertz CT molecular complexity index is 1060. The molecule has 256 valence electrons. The summed E-state index contributed by atoms with van der Waals surface area (Å²) in [5.41, 5.74) is 0.0220. The minimum atomic E-state index is -0.715. The smallest absolute Gasteiger partial charge is 0.249 e. The summed E-state index contributed by atoms with van der Waals surface area (Å²) in [5.74, 6) is 0.108. The molecule has 45 heavy (non-hydrogen) atoms. The molecule has 0 aromatic carbocycles. The second-order valence-electron chi connectivity index (χ2n) is 15.6. The third-order valence-corrected chi connectivity index (χ3v) is 10.3. The van der Waals surface area contributed by atoms with Gasteiger partial charge in [0.05, 0.1) is 12.1 Å². The van der Waals surface area contributed by atoms with Crippen LogP contribution in [0.2, 0.25) is 0 Å². The highest BCUT2D eigenvalue weighted by atomic mass is 16.2. The van der Waals surface area contributed by atoms with E-state index in [1.165, 1.54) is 19.3 Å². The van der Waals surface area contributed by atoms with Crippen molar-refractivity contribution in [3.05, 3.63) is 11.6 Å². The number of piperidine rings is 1. The van der Waals surface area contributed by atoms with Crippen LogP contribution in [0, 0.1) is 17.3 Å². The van der Waals surface area contributed by atoms with E-state index < -0.39 is 17.5 Å². The molecule has 4 amide bonds. The molecule has 0 spiro atoms. The van der Waals surface area contributed by atoms with E-state index in [4.69, 9.17) is 0 Å². The number of carbonyl (C=O) groups is 4. The van der Waals surface area contributed by atoms with Crippen molar-refractivity contribution in [3.63, 3.8) is 0 Å². The Morgan fingerprint density at radius 3 is 2.07 bits per heavy atom. The van der Waals surface area contributed by atoms with Gasteiger partial charge in [-0.2, -0.15) is 0 Å². The Morgan fingerprint density at radius 1 is 0.844 bits per heavy atom. The number of nitrogens with one attached hydrogen (secondary N) is 2. The van der Waals surface area contributed by atoms with Gasteiger partial charge in [0, 0.05) is 31.8 Å². The fourth-order valence-electron chi connectivity index (χ4n) is 7.43. The van der Waals surface area contributed by atoms with Gasteiger partial charge in [0.25, 0.3) is 0 Å². The summed E-state index contributed by atoms with van der Waals surface area (Å²) >= 11 is 0. The van der Waals surface area contributed by atoms with Gasteiger partial charge in [-0.05, 0) is 83.1 Å². The molecule has 0 radical (unpaired) electrons. The van der Waals surface area contributed by atoms with Gasteiger partial charge in [-0.25, -0.2) is 0 Å². The van der Waals surface area contributed by atoms with E-state index in [0.717, 1.165) is 45.1 Å². The van der Waals surface area contributed by atoms with Crippen LogP contribution in [-0.2, 0) is 19.2 Å². The molecule has 3 fully saturated rings. The predicted molar refractivity (Wildman–Crippen MR) is 180 cm³/mol. The SMILES string of the molecule is CC(=C[C@H](C(C)C)N(C)C(=O)[C@@H](NC(=O)C1CCCCN1C(C)C)C(C)(C)C)C(=O)N1CCC[C@H]1C(=O)NCC1CCCCC1. The first-order valence-corrected chi connectivity index (χ1v) is 17.7. The molecular weight excluding hydrogens is 566 g/mol. The molecule has 3 rings (SSSR count). The molecule has 2 saturated heterocycles. The lowest BCUT2D eigenvalue weighted by atomic mass is 9.84. The summed E-state index contributed by atoms with van der Waals surface area (Å²) in [5, 5.41) is 6.29. The van der Waals surface area contributed by atoms with Crippen LogP contribution in [0.15, 0.2) is 11.6 Å². The van der Waals surface area contributed by atoms with Gasteiger partial charge in [0.2, 0.25) is 23.6 Å². The first-order valence-electron chi connectivity index (χ1n) is 17.7. The molecule has 2 N–H and O–H groups in total. The highest BCUT2D eigenvalue weighted by Gasteiger charge is 2.40. The lowest BCUT2D eigenvalue weighted by Crippen LogP contribution is -2.60. The molecule has 0 bridgehead atoms. The van der Waals surface area contributed by atoms with Crippen molar-refractivity contribution in [1.82, 2.24) is 25.3 Å². The topological polar surface area (TPSA) is 102 Å². The minimum absolute atomic E-state index is 0.0287. The maximum absolute atomic E-state index is 14.1. The third-order valence-electron chi connectivity index (χ3n) is 10.3. The van der Waals surface area contributed by atoms with Gasteiger partial charge in [-0.1, -0.05) is 66.4 Å². The first kappa shape index (κ1) is 37.0. The summed E-state index contributed by atoms with van der Waals surface area (Å²) in [7, 11) is 1.77. The Balaban J connectivity index is 1.72. The molecule has 0 aromatic rings. The van der Waals surface area contributed by atoms with Crippen LogP contribution in [0.25, 0.3) is 0 Å². The second-order valence-corrected chi connectivity index (χ2v) is 15.6. The first-order chi connectivity index (χ1) is 21.1. The van der Waals surface area contributed by atoms with Crippen molar-refractivity contribution in [2.24, 2.45) is 17.3 Å². The summed E-state index contributed by atoms with van der Waals surface area (Å²) in [6.45, 7) is 18.2. The molecule has 1 aliphatic carbocycles. The van der Waals surface area contributed by atoms with Crippen molar-refractivity contribution < 1.29 is 19.2 Å². The van der Waals surface area contributed by atoms with Gasteiger partial charge < -0.3 is 20.4 Å². The maximum Gasteiger partial charge on any atom is 0.249 e. The van der Waals surface area contributed by atoms with Crippen molar-refractivity contribution in [2.75, 3.05) is 26.7 Å². The Kier molecular flexibility index (Phi) is 13.5. The van der Waals surface area contributed by atoms with Crippen molar-refractivity contribution in [1.29, 1.82) is 0 Å². The molecule has 4 atom stereocenters. The van der Waals surface area contributed by atoms with Crippen LogP contribution in [0.3, 0.4) is 0 Å². The number of nitrogens with zero attached hydrogens (tertiary/aromatic N) is 3.